The standard InChI is InChI=1S/C25H29F3N2O4S/c1-30(32-2)22(31)24(12-11-23(17-24)13-15-29-16-14-23)35-21-9-7-19(8-10-21)33-18-3-5-20(6-4-18)34-25(26,27)28/h3-10,29H,11-17H2,1-2H3. The first-order valence-corrected chi connectivity index (χ1v) is 12.3. The van der Waals surface area contributed by atoms with E-state index in [2.05, 4.69) is 10.1 Å². The molecule has 2 aromatic rings. The molecule has 1 aliphatic heterocycles. The number of carbonyl (C=O) groups excluding carboxylic acids is 1. The molecule has 1 atom stereocenters. The van der Waals surface area contributed by atoms with Crippen LogP contribution in [0.1, 0.15) is 32.1 Å². The Bertz CT molecular complexity index is 1010. The molecule has 4 rings (SSSR count). The van der Waals surface area contributed by atoms with Crippen molar-refractivity contribution < 1.29 is 32.3 Å². The molecule has 35 heavy (non-hydrogen) atoms. The Labute approximate surface area is 207 Å². The molecule has 1 saturated carbocycles. The number of nitrogens with zero attached hydrogens (tertiary/aromatic N) is 1. The minimum absolute atomic E-state index is 0.0260. The van der Waals surface area contributed by atoms with Crippen molar-refractivity contribution in [2.24, 2.45) is 5.41 Å². The van der Waals surface area contributed by atoms with E-state index in [1.807, 2.05) is 12.1 Å². The van der Waals surface area contributed by atoms with Crippen molar-refractivity contribution in [3.05, 3.63) is 48.5 Å². The maximum absolute atomic E-state index is 13.4. The van der Waals surface area contributed by atoms with Crippen molar-refractivity contribution in [2.45, 2.75) is 48.1 Å². The fourth-order valence-electron chi connectivity index (χ4n) is 4.96. The lowest BCUT2D eigenvalue weighted by Crippen LogP contribution is -2.45. The first-order valence-electron chi connectivity index (χ1n) is 11.5. The summed E-state index contributed by atoms with van der Waals surface area (Å²) in [6, 6.07) is 12.6. The number of amides is 1. The van der Waals surface area contributed by atoms with Crippen LogP contribution in [-0.2, 0) is 9.63 Å². The number of hydroxylamine groups is 2. The van der Waals surface area contributed by atoms with Crippen LogP contribution in [0.4, 0.5) is 13.2 Å². The maximum atomic E-state index is 13.4. The van der Waals surface area contributed by atoms with Gasteiger partial charge in [-0.25, -0.2) is 5.06 Å². The highest BCUT2D eigenvalue weighted by molar-refractivity contribution is 8.01. The molecule has 1 heterocycles. The van der Waals surface area contributed by atoms with Gasteiger partial charge in [-0.2, -0.15) is 0 Å². The molecule has 6 nitrogen and oxygen atoms in total. The van der Waals surface area contributed by atoms with Gasteiger partial charge in [-0.05, 0) is 99.1 Å². The second-order valence-electron chi connectivity index (χ2n) is 9.10. The number of nitrogens with one attached hydrogen (secondary N) is 1. The predicted molar refractivity (Wildman–Crippen MR) is 126 cm³/mol. The molecule has 0 aromatic heterocycles. The van der Waals surface area contributed by atoms with Crippen LogP contribution in [0.25, 0.3) is 0 Å². The average molecular weight is 511 g/mol. The van der Waals surface area contributed by atoms with Crippen LogP contribution >= 0.6 is 11.8 Å². The minimum Gasteiger partial charge on any atom is -0.457 e. The molecule has 2 aliphatic rings. The van der Waals surface area contributed by atoms with Gasteiger partial charge < -0.3 is 14.8 Å². The number of halogens is 3. The van der Waals surface area contributed by atoms with Crippen LogP contribution in [-0.4, -0.2) is 49.3 Å². The second kappa shape index (κ2) is 10.3. The molecule has 2 fully saturated rings. The molecule has 1 saturated heterocycles. The van der Waals surface area contributed by atoms with Gasteiger partial charge in [-0.1, -0.05) is 0 Å². The van der Waals surface area contributed by atoms with E-state index in [1.165, 1.54) is 36.4 Å². The zero-order valence-electron chi connectivity index (χ0n) is 19.7. The van der Waals surface area contributed by atoms with E-state index in [4.69, 9.17) is 9.57 Å². The van der Waals surface area contributed by atoms with E-state index in [0.717, 1.165) is 50.1 Å². The lowest BCUT2D eigenvalue weighted by Gasteiger charge is -2.37. The summed E-state index contributed by atoms with van der Waals surface area (Å²) >= 11 is 1.57. The summed E-state index contributed by atoms with van der Waals surface area (Å²) in [7, 11) is 3.15. The molecular formula is C25H29F3N2O4S. The summed E-state index contributed by atoms with van der Waals surface area (Å²) in [5.74, 6) is 0.587. The highest BCUT2D eigenvalue weighted by atomic mass is 32.2. The first kappa shape index (κ1) is 25.7. The van der Waals surface area contributed by atoms with Gasteiger partial charge in [0.2, 0.25) is 0 Å². The maximum Gasteiger partial charge on any atom is 0.573 e. The summed E-state index contributed by atoms with van der Waals surface area (Å²) < 4.78 is 46.0. The summed E-state index contributed by atoms with van der Waals surface area (Å²) in [6.45, 7) is 1.95. The van der Waals surface area contributed by atoms with Gasteiger partial charge in [0.05, 0.1) is 7.11 Å². The lowest BCUT2D eigenvalue weighted by atomic mass is 9.77. The van der Waals surface area contributed by atoms with Crippen LogP contribution in [0.3, 0.4) is 0 Å². The van der Waals surface area contributed by atoms with Crippen molar-refractivity contribution in [3.8, 4) is 17.2 Å². The molecule has 1 spiro atoms. The smallest absolute Gasteiger partial charge is 0.457 e. The third kappa shape index (κ3) is 6.23. The van der Waals surface area contributed by atoms with Crippen LogP contribution < -0.4 is 14.8 Å². The van der Waals surface area contributed by atoms with Gasteiger partial charge in [0, 0.05) is 11.9 Å². The number of thioether (sulfide) groups is 1. The predicted octanol–water partition coefficient (Wildman–Crippen LogP) is 5.78. The minimum atomic E-state index is -4.74. The zero-order chi connectivity index (χ0) is 25.1. The third-order valence-corrected chi connectivity index (χ3v) is 8.19. The van der Waals surface area contributed by atoms with Gasteiger partial charge in [0.1, 0.15) is 22.0 Å². The van der Waals surface area contributed by atoms with E-state index in [1.54, 1.807) is 30.9 Å². The second-order valence-corrected chi connectivity index (χ2v) is 10.6. The highest BCUT2D eigenvalue weighted by Crippen LogP contribution is 2.57. The number of alkyl halides is 3. The topological polar surface area (TPSA) is 60.0 Å². The Morgan fingerprint density at radius 3 is 2.09 bits per heavy atom. The van der Waals surface area contributed by atoms with E-state index in [9.17, 15) is 18.0 Å². The van der Waals surface area contributed by atoms with Gasteiger partial charge in [-0.15, -0.1) is 24.9 Å². The quantitative estimate of drug-likeness (QED) is 0.477. The number of hydrogen-bond acceptors (Lipinski definition) is 6. The van der Waals surface area contributed by atoms with E-state index in [0.29, 0.717) is 11.5 Å². The van der Waals surface area contributed by atoms with Gasteiger partial charge in [0.15, 0.2) is 0 Å². The van der Waals surface area contributed by atoms with Gasteiger partial charge in [0.25, 0.3) is 5.91 Å². The Morgan fingerprint density at radius 2 is 1.51 bits per heavy atom. The van der Waals surface area contributed by atoms with Crippen molar-refractivity contribution >= 4 is 17.7 Å². The molecule has 1 unspecified atom stereocenters. The van der Waals surface area contributed by atoms with Gasteiger partial charge >= 0.3 is 6.36 Å². The van der Waals surface area contributed by atoms with Gasteiger partial charge in [-0.3, -0.25) is 9.63 Å². The van der Waals surface area contributed by atoms with Crippen molar-refractivity contribution in [2.75, 3.05) is 27.2 Å². The molecule has 0 radical (unpaired) electrons. The highest BCUT2D eigenvalue weighted by Gasteiger charge is 2.54. The zero-order valence-corrected chi connectivity index (χ0v) is 20.5. The largest absolute Gasteiger partial charge is 0.573 e. The fourth-order valence-corrected chi connectivity index (χ4v) is 6.49. The van der Waals surface area contributed by atoms with Crippen LogP contribution in [0.15, 0.2) is 53.4 Å². The molecule has 2 aromatic carbocycles. The van der Waals surface area contributed by atoms with Crippen molar-refractivity contribution in [1.82, 2.24) is 10.4 Å². The molecule has 1 N–H and O–H groups in total. The molecule has 1 aliphatic carbocycles. The number of hydrogen-bond donors (Lipinski definition) is 1. The number of ether oxygens (including phenoxy) is 2. The number of carbonyl (C=O) groups is 1. The normalized spacial score (nSPS) is 21.6. The van der Waals surface area contributed by atoms with E-state index in [-0.39, 0.29) is 17.1 Å². The Kier molecular flexibility index (Phi) is 7.54. The van der Waals surface area contributed by atoms with E-state index < -0.39 is 11.1 Å². The summed E-state index contributed by atoms with van der Waals surface area (Å²) in [5.41, 5.74) is 0.174. The Balaban J connectivity index is 1.46. The molecular weight excluding hydrogens is 481 g/mol. The molecule has 0 bridgehead atoms. The van der Waals surface area contributed by atoms with Crippen molar-refractivity contribution in [3.63, 3.8) is 0 Å². The number of benzene rings is 2. The van der Waals surface area contributed by atoms with Crippen LogP contribution in [0.5, 0.6) is 17.2 Å². The van der Waals surface area contributed by atoms with E-state index >= 15 is 0 Å². The number of rotatable bonds is 7. The van der Waals surface area contributed by atoms with Crippen LogP contribution in [0.2, 0.25) is 0 Å². The third-order valence-electron chi connectivity index (χ3n) is 6.76. The fraction of sp³-hybridized carbons (Fsp3) is 0.480. The van der Waals surface area contributed by atoms with Crippen molar-refractivity contribution in [1.29, 1.82) is 0 Å². The SMILES string of the molecule is CON(C)C(=O)C1(Sc2ccc(Oc3ccc(OC(F)(F)F)cc3)cc2)CCC2(CCNCC2)C1. The monoisotopic (exact) mass is 510 g/mol. The molecule has 190 valence electrons. The number of piperidine rings is 1. The summed E-state index contributed by atoms with van der Waals surface area (Å²) in [4.78, 5) is 19.6. The van der Waals surface area contributed by atoms with Crippen LogP contribution in [0, 0.1) is 5.41 Å². The first-order chi connectivity index (χ1) is 16.6. The average Bonchev–Trinajstić information content (AvgIpc) is 3.18. The molecule has 10 heteroatoms. The summed E-state index contributed by atoms with van der Waals surface area (Å²) in [5, 5.41) is 4.75. The Morgan fingerprint density at radius 1 is 0.943 bits per heavy atom. The molecule has 1 amide bonds. The summed E-state index contributed by atoms with van der Waals surface area (Å²) in [6.07, 6.45) is 0.00966. The lowest BCUT2D eigenvalue weighted by molar-refractivity contribution is -0.274. The Hall–Kier alpha value is -2.43.